The van der Waals surface area contributed by atoms with Gasteiger partial charge in [0, 0.05) is 31.6 Å². The minimum absolute atomic E-state index is 0.0229. The van der Waals surface area contributed by atoms with Crippen LogP contribution in [0.15, 0.2) is 40.9 Å². The van der Waals surface area contributed by atoms with E-state index in [4.69, 9.17) is 22.9 Å². The molecule has 1 aliphatic rings. The molecule has 13 heteroatoms. The predicted molar refractivity (Wildman–Crippen MR) is 257 cm³/mol. The first kappa shape index (κ1) is 58.3. The number of furan rings is 1. The van der Waals surface area contributed by atoms with Crippen LogP contribution in [0, 0.1) is 25.7 Å². The molecule has 372 valence electrons. The van der Waals surface area contributed by atoms with Crippen LogP contribution in [-0.4, -0.2) is 87.0 Å². The van der Waals surface area contributed by atoms with E-state index in [1.807, 2.05) is 45.4 Å². The van der Waals surface area contributed by atoms with Crippen LogP contribution in [0.3, 0.4) is 0 Å². The zero-order valence-corrected chi connectivity index (χ0v) is 42.4. The molecule has 1 N–H and O–H groups in total. The number of carbonyl (C=O) groups excluding carboxylic acids is 3. The first-order valence-electron chi connectivity index (χ1n) is 25.1. The van der Waals surface area contributed by atoms with Crippen molar-refractivity contribution in [1.29, 1.82) is 0 Å². The number of hydrogen-bond donors (Lipinski definition) is 1. The number of quaternary nitrogens is 1. The normalized spacial score (nSPS) is 17.3. The summed E-state index contributed by atoms with van der Waals surface area (Å²) in [6.07, 6.45) is 31.9. The molecule has 0 bridgehead atoms. The van der Waals surface area contributed by atoms with Gasteiger partial charge in [-0.15, -0.1) is 0 Å². The Hall–Kier alpha value is -2.86. The van der Waals surface area contributed by atoms with Crippen LogP contribution in [-0.2, 0) is 50.3 Å². The molecular weight excluding hydrogens is 846 g/mol. The second-order valence-corrected chi connectivity index (χ2v) is 20.5. The van der Waals surface area contributed by atoms with Gasteiger partial charge in [-0.3, -0.25) is 18.9 Å². The maximum absolute atomic E-state index is 12.8. The first-order chi connectivity index (χ1) is 31.0. The summed E-state index contributed by atoms with van der Waals surface area (Å²) in [5, 5.41) is 10.2. The zero-order chi connectivity index (χ0) is 47.9. The Morgan fingerprint density at radius 2 is 1.38 bits per heavy atom. The number of phosphoric acid groups is 1. The summed E-state index contributed by atoms with van der Waals surface area (Å²) in [6.45, 7) is 8.23. The van der Waals surface area contributed by atoms with Gasteiger partial charge < -0.3 is 37.4 Å². The summed E-state index contributed by atoms with van der Waals surface area (Å²) in [7, 11) is 1.04. The highest BCUT2D eigenvalue weighted by Crippen LogP contribution is 2.38. The average Bonchev–Trinajstić information content (AvgIpc) is 3.74. The smallest absolute Gasteiger partial charge is 0.306 e. The lowest BCUT2D eigenvalue weighted by Gasteiger charge is -2.28. The lowest BCUT2D eigenvalue weighted by molar-refractivity contribution is -0.870. The Labute approximate surface area is 393 Å². The van der Waals surface area contributed by atoms with E-state index in [2.05, 4.69) is 27.7 Å². The number of ketones is 1. The van der Waals surface area contributed by atoms with Gasteiger partial charge in [0.05, 0.1) is 33.9 Å². The monoisotopic (exact) mass is 934 g/mol. The molecule has 0 aliphatic heterocycles. The molecule has 0 fully saturated rings. The number of phosphoric ester groups is 1. The number of hydrogen-bond acceptors (Lipinski definition) is 11. The molecule has 0 spiro atoms. The highest BCUT2D eigenvalue weighted by molar-refractivity contribution is 7.45. The minimum Gasteiger partial charge on any atom is -0.756 e. The third kappa shape index (κ3) is 27.5. The number of aryl methyl sites for hydroxylation is 2. The van der Waals surface area contributed by atoms with Crippen molar-refractivity contribution in [3.8, 4) is 0 Å². The standard InChI is InChI=1S/C52H88NO11P/c1-8-10-22-29-45(54)35-36-47-44(34-37-48(47)55)28-24-20-21-26-32-51(56)60-40-46(41-62-65(58,59)61-39-38-53(5,6)7)63-52(57)33-27-19-17-15-13-12-14-16-18-25-31-50-43(4)42(3)49(64-50)30-23-11-9-2/h20,24,34-37,44-47,54H,8-19,21-23,25-33,38-41H2,1-7H3/b24-20-,36-35+/t44-,45-,46+,47+/m0/s1. The van der Waals surface area contributed by atoms with Crippen molar-refractivity contribution in [1.82, 2.24) is 0 Å². The van der Waals surface area contributed by atoms with Crippen molar-refractivity contribution in [2.45, 2.75) is 194 Å². The van der Waals surface area contributed by atoms with E-state index >= 15 is 0 Å². The van der Waals surface area contributed by atoms with Crippen LogP contribution in [0.2, 0.25) is 0 Å². The van der Waals surface area contributed by atoms with Gasteiger partial charge in [-0.05, 0) is 81.9 Å². The van der Waals surface area contributed by atoms with Crippen LogP contribution in [0.25, 0.3) is 0 Å². The van der Waals surface area contributed by atoms with Crippen LogP contribution in [0.1, 0.15) is 178 Å². The highest BCUT2D eigenvalue weighted by atomic mass is 31.2. The van der Waals surface area contributed by atoms with Crippen molar-refractivity contribution >= 4 is 25.5 Å². The second-order valence-electron chi connectivity index (χ2n) is 19.1. The van der Waals surface area contributed by atoms with Crippen molar-refractivity contribution in [2.75, 3.05) is 47.5 Å². The van der Waals surface area contributed by atoms with E-state index in [0.29, 0.717) is 43.1 Å². The molecule has 2 rings (SSSR count). The fourth-order valence-corrected chi connectivity index (χ4v) is 8.49. The van der Waals surface area contributed by atoms with Crippen molar-refractivity contribution in [2.24, 2.45) is 11.8 Å². The van der Waals surface area contributed by atoms with E-state index in [-0.39, 0.29) is 43.7 Å². The summed E-state index contributed by atoms with van der Waals surface area (Å²) in [6, 6.07) is 0. The number of rotatable bonds is 39. The Morgan fingerprint density at radius 3 is 2.02 bits per heavy atom. The lowest BCUT2D eigenvalue weighted by Crippen LogP contribution is -2.37. The number of esters is 2. The number of aliphatic hydroxyl groups is 1. The predicted octanol–water partition coefficient (Wildman–Crippen LogP) is 11.1. The highest BCUT2D eigenvalue weighted by Gasteiger charge is 2.27. The largest absolute Gasteiger partial charge is 0.756 e. The van der Waals surface area contributed by atoms with Crippen molar-refractivity contribution in [3.05, 3.63) is 59.1 Å². The molecule has 1 aromatic heterocycles. The topological polar surface area (TPSA) is 162 Å². The molecule has 1 heterocycles. The van der Waals surface area contributed by atoms with E-state index < -0.39 is 38.6 Å². The summed E-state index contributed by atoms with van der Waals surface area (Å²) in [5.74, 6) is 1.13. The summed E-state index contributed by atoms with van der Waals surface area (Å²) >= 11 is 0. The molecule has 1 aliphatic carbocycles. The van der Waals surface area contributed by atoms with E-state index in [1.165, 1.54) is 74.0 Å². The fraction of sp³-hybridized carbons (Fsp3) is 0.750. The van der Waals surface area contributed by atoms with Gasteiger partial charge in [0.25, 0.3) is 7.82 Å². The van der Waals surface area contributed by atoms with E-state index in [0.717, 1.165) is 57.8 Å². The van der Waals surface area contributed by atoms with Gasteiger partial charge in [-0.2, -0.15) is 0 Å². The van der Waals surface area contributed by atoms with Crippen molar-refractivity contribution < 1.29 is 56.4 Å². The van der Waals surface area contributed by atoms with Gasteiger partial charge in [0.1, 0.15) is 31.3 Å². The van der Waals surface area contributed by atoms with Gasteiger partial charge in [0.15, 0.2) is 11.9 Å². The Kier molecular flexibility index (Phi) is 30.1. The van der Waals surface area contributed by atoms with E-state index in [1.54, 1.807) is 12.2 Å². The van der Waals surface area contributed by atoms with Crippen LogP contribution in [0.5, 0.6) is 0 Å². The number of allylic oxidation sites excluding steroid dienone is 5. The number of ether oxygens (including phenoxy) is 2. The molecule has 65 heavy (non-hydrogen) atoms. The van der Waals surface area contributed by atoms with Gasteiger partial charge in [-0.25, -0.2) is 0 Å². The fourth-order valence-electron chi connectivity index (χ4n) is 7.77. The molecule has 0 saturated carbocycles. The SMILES string of the molecule is CCCCCc1oc(CCCCCCCCCCCCC(=O)O[C@H](COC(=O)CCC/C=C\C[C@H]2C=CC(=O)[C@@H]2/C=C/[C@@H](O)CCCCC)COP(=O)([O-])OCC[N+](C)(C)C)c(C)c1C. The Morgan fingerprint density at radius 1 is 0.800 bits per heavy atom. The summed E-state index contributed by atoms with van der Waals surface area (Å²) in [4.78, 5) is 50.4. The number of carbonyl (C=O) groups is 3. The molecular formula is C52H88NO11P. The number of likely N-dealkylation sites (N-methyl/N-ethyl adjacent to an activating group) is 1. The van der Waals surface area contributed by atoms with E-state index in [9.17, 15) is 28.9 Å². The number of nitrogens with zero attached hydrogens (tertiary/aromatic N) is 1. The van der Waals surface area contributed by atoms with Crippen LogP contribution in [0.4, 0.5) is 0 Å². The maximum Gasteiger partial charge on any atom is 0.306 e. The Bertz CT molecular complexity index is 1630. The zero-order valence-electron chi connectivity index (χ0n) is 41.5. The molecule has 0 amide bonds. The third-order valence-corrected chi connectivity index (χ3v) is 13.1. The average molecular weight is 934 g/mol. The number of aliphatic hydroxyl groups excluding tert-OH is 1. The van der Waals surface area contributed by atoms with Crippen LogP contribution < -0.4 is 4.89 Å². The third-order valence-electron chi connectivity index (χ3n) is 12.1. The second kappa shape index (κ2) is 33.6. The first-order valence-corrected chi connectivity index (χ1v) is 26.6. The van der Waals surface area contributed by atoms with Crippen molar-refractivity contribution in [3.63, 3.8) is 0 Å². The lowest BCUT2D eigenvalue weighted by atomic mass is 9.90. The molecule has 12 nitrogen and oxygen atoms in total. The molecule has 1 unspecified atom stereocenters. The quantitative estimate of drug-likeness (QED) is 0.0220. The minimum atomic E-state index is -4.69. The van der Waals surface area contributed by atoms with Gasteiger partial charge in [-0.1, -0.05) is 128 Å². The van der Waals surface area contributed by atoms with Crippen LogP contribution >= 0.6 is 7.82 Å². The number of unbranched alkanes of at least 4 members (excludes halogenated alkanes) is 14. The summed E-state index contributed by atoms with van der Waals surface area (Å²) < 4.78 is 40.3. The maximum atomic E-state index is 12.8. The molecule has 5 atom stereocenters. The summed E-state index contributed by atoms with van der Waals surface area (Å²) in [5.41, 5.74) is 2.67. The van der Waals surface area contributed by atoms with Gasteiger partial charge in [0.2, 0.25) is 0 Å². The molecule has 0 aromatic carbocycles. The van der Waals surface area contributed by atoms with Gasteiger partial charge >= 0.3 is 11.9 Å². The molecule has 1 aromatic rings. The molecule has 0 radical (unpaired) electrons. The Balaban J connectivity index is 1.69. The molecule has 0 saturated heterocycles.